The molecule has 0 radical (unpaired) electrons. The summed E-state index contributed by atoms with van der Waals surface area (Å²) in [4.78, 5) is 6.14. The van der Waals surface area contributed by atoms with Crippen molar-refractivity contribution < 1.29 is 12.8 Å². The van der Waals surface area contributed by atoms with Crippen molar-refractivity contribution >= 4 is 30.8 Å². The summed E-state index contributed by atoms with van der Waals surface area (Å²) >= 11 is 0. The van der Waals surface area contributed by atoms with Crippen LogP contribution >= 0.6 is 10.7 Å². The van der Waals surface area contributed by atoms with Gasteiger partial charge in [0.05, 0.1) is 17.2 Å². The lowest BCUT2D eigenvalue weighted by Crippen LogP contribution is -1.88. The van der Waals surface area contributed by atoms with E-state index < -0.39 is 14.9 Å². The first-order chi connectivity index (χ1) is 6.47. The van der Waals surface area contributed by atoms with Gasteiger partial charge in [-0.2, -0.15) is 0 Å². The van der Waals surface area contributed by atoms with E-state index in [1.54, 1.807) is 0 Å². The van der Waals surface area contributed by atoms with Gasteiger partial charge in [0.15, 0.2) is 5.03 Å². The Hall–Kier alpha value is -1.14. The monoisotopic (exact) mass is 234 g/mol. The van der Waals surface area contributed by atoms with Gasteiger partial charge in [0.2, 0.25) is 0 Å². The Labute approximate surface area is 83.1 Å². The molecule has 14 heavy (non-hydrogen) atoms. The van der Waals surface area contributed by atoms with Gasteiger partial charge in [0, 0.05) is 22.8 Å². The van der Waals surface area contributed by atoms with E-state index in [9.17, 15) is 12.8 Å². The molecule has 0 amide bonds. The lowest BCUT2D eigenvalue weighted by molar-refractivity contribution is 0.607. The molecule has 0 atom stereocenters. The van der Waals surface area contributed by atoms with Gasteiger partial charge in [-0.25, -0.2) is 12.8 Å². The predicted octanol–water partition coefficient (Wildman–Crippen LogP) is 1.63. The van der Waals surface area contributed by atoms with Gasteiger partial charge in [0.1, 0.15) is 5.82 Å². The third kappa shape index (κ3) is 1.58. The number of hydrogen-bond donors (Lipinski definition) is 1. The molecular formula is C7H4ClFN2O2S. The highest BCUT2D eigenvalue weighted by Crippen LogP contribution is 2.19. The quantitative estimate of drug-likeness (QED) is 0.763. The maximum Gasteiger partial charge on any atom is 0.276 e. The van der Waals surface area contributed by atoms with Crippen LogP contribution in [0.2, 0.25) is 0 Å². The van der Waals surface area contributed by atoms with E-state index in [2.05, 4.69) is 9.97 Å². The van der Waals surface area contributed by atoms with Crippen LogP contribution < -0.4 is 0 Å². The molecule has 4 nitrogen and oxygen atoms in total. The number of aromatic nitrogens is 2. The van der Waals surface area contributed by atoms with Crippen molar-refractivity contribution in [1.29, 1.82) is 0 Å². The normalized spacial score (nSPS) is 12.1. The molecule has 2 heterocycles. The first-order valence-corrected chi connectivity index (χ1v) is 5.87. The lowest BCUT2D eigenvalue weighted by Gasteiger charge is -1.87. The SMILES string of the molecule is O=S(=O)(Cl)c1cc2ncc(F)cc2[nH]1. The summed E-state index contributed by atoms with van der Waals surface area (Å²) in [5, 5.41) is -0.188. The van der Waals surface area contributed by atoms with Crippen LogP contribution in [-0.2, 0) is 9.05 Å². The predicted molar refractivity (Wildman–Crippen MR) is 49.1 cm³/mol. The number of aromatic amines is 1. The Bertz CT molecular complexity index is 593. The minimum atomic E-state index is -3.82. The molecular weight excluding hydrogens is 231 g/mol. The van der Waals surface area contributed by atoms with Crippen LogP contribution in [0.25, 0.3) is 11.0 Å². The first kappa shape index (κ1) is 9.42. The third-order valence-electron chi connectivity index (χ3n) is 1.67. The Morgan fingerprint density at radius 1 is 1.43 bits per heavy atom. The molecule has 2 aromatic heterocycles. The lowest BCUT2D eigenvalue weighted by atomic mass is 10.4. The number of nitrogens with one attached hydrogen (secondary N) is 1. The van der Waals surface area contributed by atoms with E-state index in [1.165, 1.54) is 6.07 Å². The van der Waals surface area contributed by atoms with Crippen LogP contribution in [0, 0.1) is 5.82 Å². The van der Waals surface area contributed by atoms with Crippen LogP contribution in [0.4, 0.5) is 4.39 Å². The first-order valence-electron chi connectivity index (χ1n) is 3.56. The zero-order valence-corrected chi connectivity index (χ0v) is 8.23. The van der Waals surface area contributed by atoms with Gasteiger partial charge in [-0.3, -0.25) is 4.98 Å². The zero-order valence-electron chi connectivity index (χ0n) is 6.66. The number of H-pyrrole nitrogens is 1. The highest BCUT2D eigenvalue weighted by Gasteiger charge is 2.13. The molecule has 1 N–H and O–H groups in total. The topological polar surface area (TPSA) is 62.8 Å². The van der Waals surface area contributed by atoms with Crippen LogP contribution in [0.1, 0.15) is 0 Å². The van der Waals surface area contributed by atoms with Gasteiger partial charge in [0.25, 0.3) is 9.05 Å². The van der Waals surface area contributed by atoms with Crippen LogP contribution in [-0.4, -0.2) is 18.4 Å². The summed E-state index contributed by atoms with van der Waals surface area (Å²) in [7, 11) is 1.27. The molecule has 0 aliphatic carbocycles. The molecule has 2 rings (SSSR count). The average molecular weight is 235 g/mol. The molecule has 7 heteroatoms. The summed E-state index contributed by atoms with van der Waals surface area (Å²) in [5.74, 6) is -0.544. The van der Waals surface area contributed by atoms with E-state index in [-0.39, 0.29) is 5.03 Å². The maximum absolute atomic E-state index is 12.7. The summed E-state index contributed by atoms with van der Waals surface area (Å²) < 4.78 is 34.5. The summed E-state index contributed by atoms with van der Waals surface area (Å²) in [6.07, 6.45) is 1.00. The number of halogens is 2. The fourth-order valence-electron chi connectivity index (χ4n) is 1.09. The van der Waals surface area contributed by atoms with E-state index in [1.807, 2.05) is 0 Å². The molecule has 0 aliphatic heterocycles. The third-order valence-corrected chi connectivity index (χ3v) is 2.92. The van der Waals surface area contributed by atoms with Crippen molar-refractivity contribution in [2.75, 3.05) is 0 Å². The van der Waals surface area contributed by atoms with E-state index in [0.717, 1.165) is 12.3 Å². The second kappa shape index (κ2) is 2.93. The average Bonchev–Trinajstić information content (AvgIpc) is 2.45. The van der Waals surface area contributed by atoms with Gasteiger partial charge in [-0.1, -0.05) is 0 Å². The zero-order chi connectivity index (χ0) is 10.3. The van der Waals surface area contributed by atoms with Crippen molar-refractivity contribution in [3.8, 4) is 0 Å². The molecule has 0 saturated carbocycles. The highest BCUT2D eigenvalue weighted by molar-refractivity contribution is 8.13. The van der Waals surface area contributed by atoms with E-state index in [4.69, 9.17) is 10.7 Å². The standard InChI is InChI=1S/C7H4ClFN2O2S/c8-14(12,13)7-2-5-6(11-7)1-4(9)3-10-5/h1-3,11H. The summed E-state index contributed by atoms with van der Waals surface area (Å²) in [6.45, 7) is 0. The smallest absolute Gasteiger partial charge is 0.276 e. The number of fused-ring (bicyclic) bond motifs is 1. The molecule has 0 unspecified atom stereocenters. The second-order valence-corrected chi connectivity index (χ2v) is 5.19. The highest BCUT2D eigenvalue weighted by atomic mass is 35.7. The molecule has 0 saturated heterocycles. The fourth-order valence-corrected chi connectivity index (χ4v) is 1.82. The minimum absolute atomic E-state index is 0.188. The van der Waals surface area contributed by atoms with Crippen LogP contribution in [0.15, 0.2) is 23.4 Å². The van der Waals surface area contributed by atoms with Crippen molar-refractivity contribution in [1.82, 2.24) is 9.97 Å². The van der Waals surface area contributed by atoms with Crippen LogP contribution in [0.5, 0.6) is 0 Å². The number of pyridine rings is 1. The van der Waals surface area contributed by atoms with Gasteiger partial charge < -0.3 is 4.98 Å². The Morgan fingerprint density at radius 3 is 2.79 bits per heavy atom. The van der Waals surface area contributed by atoms with Crippen molar-refractivity contribution in [2.45, 2.75) is 5.03 Å². The molecule has 0 fully saturated rings. The fraction of sp³-hybridized carbons (Fsp3) is 0. The van der Waals surface area contributed by atoms with Gasteiger partial charge in [-0.05, 0) is 0 Å². The molecule has 74 valence electrons. The molecule has 0 spiro atoms. The minimum Gasteiger partial charge on any atom is -0.343 e. The Morgan fingerprint density at radius 2 is 2.14 bits per heavy atom. The molecule has 0 aromatic carbocycles. The summed E-state index contributed by atoms with van der Waals surface area (Å²) in [6, 6.07) is 2.39. The van der Waals surface area contributed by atoms with Crippen molar-refractivity contribution in [3.63, 3.8) is 0 Å². The second-order valence-electron chi connectivity index (χ2n) is 2.66. The largest absolute Gasteiger partial charge is 0.343 e. The van der Waals surface area contributed by atoms with E-state index >= 15 is 0 Å². The van der Waals surface area contributed by atoms with Crippen molar-refractivity contribution in [3.05, 3.63) is 24.1 Å². The molecule has 0 aliphatic rings. The molecule has 0 bridgehead atoms. The van der Waals surface area contributed by atoms with Gasteiger partial charge >= 0.3 is 0 Å². The Balaban J connectivity index is 2.75. The number of hydrogen-bond acceptors (Lipinski definition) is 3. The summed E-state index contributed by atoms with van der Waals surface area (Å²) in [5.41, 5.74) is 0.648. The number of nitrogens with zero attached hydrogens (tertiary/aromatic N) is 1. The van der Waals surface area contributed by atoms with E-state index in [0.29, 0.717) is 11.0 Å². The molecule has 2 aromatic rings. The van der Waals surface area contributed by atoms with Crippen LogP contribution in [0.3, 0.4) is 0 Å². The number of rotatable bonds is 1. The maximum atomic E-state index is 12.7. The van der Waals surface area contributed by atoms with Crippen molar-refractivity contribution in [2.24, 2.45) is 0 Å². The Kier molecular flexibility index (Phi) is 1.97. The van der Waals surface area contributed by atoms with Gasteiger partial charge in [-0.15, -0.1) is 0 Å².